The van der Waals surface area contributed by atoms with E-state index < -0.39 is 23.1 Å². The third-order valence-corrected chi connectivity index (χ3v) is 2.77. The topological polar surface area (TPSA) is 57.5 Å². The molecule has 7 heteroatoms. The Morgan fingerprint density at radius 1 is 1.47 bits per heavy atom. The Bertz CT molecular complexity index is 358. The van der Waals surface area contributed by atoms with Crippen LogP contribution in [0.15, 0.2) is 12.1 Å². The van der Waals surface area contributed by atoms with Gasteiger partial charge in [0.15, 0.2) is 6.10 Å². The van der Waals surface area contributed by atoms with Crippen molar-refractivity contribution >= 4 is 17.3 Å². The molecule has 0 aromatic carbocycles. The average molecular weight is 240 g/mol. The van der Waals surface area contributed by atoms with Crippen molar-refractivity contribution in [3.8, 4) is 0 Å². The van der Waals surface area contributed by atoms with Gasteiger partial charge in [-0.3, -0.25) is 0 Å². The number of thiophene rings is 1. The molecule has 1 aromatic rings. The largest absolute Gasteiger partial charge is 0.479 e. The van der Waals surface area contributed by atoms with Crippen LogP contribution >= 0.6 is 11.3 Å². The molecule has 15 heavy (non-hydrogen) atoms. The fourth-order valence-electron chi connectivity index (χ4n) is 0.918. The van der Waals surface area contributed by atoms with Gasteiger partial charge in [-0.05, 0) is 12.1 Å². The van der Waals surface area contributed by atoms with Crippen molar-refractivity contribution in [3.63, 3.8) is 0 Å². The summed E-state index contributed by atoms with van der Waals surface area (Å²) in [6.07, 6.45) is -6.39. The highest BCUT2D eigenvalue weighted by atomic mass is 32.1. The number of hydrogen-bond donors (Lipinski definition) is 2. The monoisotopic (exact) mass is 240 g/mol. The molecule has 0 spiro atoms. The van der Waals surface area contributed by atoms with Crippen LogP contribution in [-0.4, -0.2) is 22.3 Å². The highest BCUT2D eigenvalue weighted by molar-refractivity contribution is 7.12. The van der Waals surface area contributed by atoms with Gasteiger partial charge in [-0.15, -0.1) is 11.3 Å². The molecule has 0 aliphatic carbocycles. The highest BCUT2D eigenvalue weighted by Crippen LogP contribution is 2.34. The predicted molar refractivity (Wildman–Crippen MR) is 46.7 cm³/mol. The molecular weight excluding hydrogens is 233 g/mol. The number of alkyl halides is 3. The van der Waals surface area contributed by atoms with Gasteiger partial charge in [0.2, 0.25) is 0 Å². The van der Waals surface area contributed by atoms with Crippen LogP contribution in [0.25, 0.3) is 0 Å². The fraction of sp³-hybridized carbons (Fsp3) is 0.375. The van der Waals surface area contributed by atoms with Crippen LogP contribution in [0.3, 0.4) is 0 Å². The Morgan fingerprint density at radius 3 is 2.47 bits per heavy atom. The molecule has 3 nitrogen and oxygen atoms in total. The number of hydrogen-bond acceptors (Lipinski definition) is 3. The van der Waals surface area contributed by atoms with Crippen LogP contribution < -0.4 is 0 Å². The summed E-state index contributed by atoms with van der Waals surface area (Å²) >= 11 is 0.437. The molecule has 0 aliphatic rings. The maximum absolute atomic E-state index is 12.1. The summed E-state index contributed by atoms with van der Waals surface area (Å²) in [7, 11) is 0. The van der Waals surface area contributed by atoms with E-state index in [1.807, 2.05) is 0 Å². The van der Waals surface area contributed by atoms with Gasteiger partial charge < -0.3 is 10.2 Å². The molecule has 0 amide bonds. The van der Waals surface area contributed by atoms with Crippen molar-refractivity contribution in [2.75, 3.05) is 0 Å². The third-order valence-electron chi connectivity index (χ3n) is 1.62. The van der Waals surface area contributed by atoms with Crippen LogP contribution in [0.1, 0.15) is 9.75 Å². The lowest BCUT2D eigenvalue weighted by Crippen LogP contribution is -2.21. The van der Waals surface area contributed by atoms with Crippen LogP contribution in [0, 0.1) is 0 Å². The first-order valence-corrected chi connectivity index (χ1v) is 4.69. The molecule has 0 saturated heterocycles. The predicted octanol–water partition coefficient (Wildman–Crippen LogP) is 1.75. The maximum atomic E-state index is 12.1. The lowest BCUT2D eigenvalue weighted by molar-refractivity contribution is -0.146. The van der Waals surface area contributed by atoms with E-state index in [1.54, 1.807) is 0 Å². The van der Waals surface area contributed by atoms with Gasteiger partial charge in [0.1, 0.15) is 4.88 Å². The second-order valence-corrected chi connectivity index (χ2v) is 3.99. The van der Waals surface area contributed by atoms with E-state index in [0.29, 0.717) is 11.3 Å². The quantitative estimate of drug-likeness (QED) is 0.846. The molecule has 0 aliphatic heterocycles. The number of rotatable bonds is 3. The van der Waals surface area contributed by atoms with E-state index in [4.69, 9.17) is 10.2 Å². The average Bonchev–Trinajstić information content (AvgIpc) is 2.51. The summed E-state index contributed by atoms with van der Waals surface area (Å²) < 4.78 is 36.4. The minimum absolute atomic E-state index is 0.192. The molecule has 1 heterocycles. The van der Waals surface area contributed by atoms with Crippen LogP contribution in [0.4, 0.5) is 13.2 Å². The first-order valence-electron chi connectivity index (χ1n) is 3.87. The van der Waals surface area contributed by atoms with Crippen molar-refractivity contribution in [2.24, 2.45) is 0 Å². The van der Waals surface area contributed by atoms with Crippen molar-refractivity contribution in [3.05, 3.63) is 21.9 Å². The van der Waals surface area contributed by atoms with Crippen LogP contribution in [0.2, 0.25) is 0 Å². The zero-order chi connectivity index (χ0) is 11.6. The molecule has 0 radical (unpaired) electrons. The van der Waals surface area contributed by atoms with E-state index >= 15 is 0 Å². The first-order chi connectivity index (χ1) is 6.80. The van der Waals surface area contributed by atoms with Crippen LogP contribution in [-0.2, 0) is 17.4 Å². The van der Waals surface area contributed by atoms with Crippen LogP contribution in [0.5, 0.6) is 0 Å². The molecule has 1 aromatic heterocycles. The number of carbonyl (C=O) groups is 1. The Morgan fingerprint density at radius 2 is 2.07 bits per heavy atom. The minimum Gasteiger partial charge on any atom is -0.479 e. The SMILES string of the molecule is O=C(O)C(O)Cc1ccc(C(F)(F)F)s1. The van der Waals surface area contributed by atoms with Gasteiger partial charge in [-0.2, -0.15) is 13.2 Å². The number of aliphatic hydroxyl groups is 1. The van der Waals surface area contributed by atoms with Gasteiger partial charge in [0.25, 0.3) is 0 Å². The van der Waals surface area contributed by atoms with E-state index in [-0.39, 0.29) is 11.3 Å². The van der Waals surface area contributed by atoms with Crippen molar-refractivity contribution in [2.45, 2.75) is 18.7 Å². The van der Waals surface area contributed by atoms with E-state index in [2.05, 4.69) is 0 Å². The third kappa shape index (κ3) is 3.21. The number of aliphatic carboxylic acids is 1. The van der Waals surface area contributed by atoms with Crippen molar-refractivity contribution < 1.29 is 28.2 Å². The zero-order valence-electron chi connectivity index (χ0n) is 7.28. The smallest absolute Gasteiger partial charge is 0.425 e. The Labute approximate surface area is 86.8 Å². The number of carboxylic acid groups (broad SMARTS) is 1. The Balaban J connectivity index is 2.73. The minimum atomic E-state index is -4.42. The molecule has 2 N–H and O–H groups in total. The van der Waals surface area contributed by atoms with E-state index in [1.165, 1.54) is 6.07 Å². The van der Waals surface area contributed by atoms with Gasteiger partial charge >= 0.3 is 12.1 Å². The summed E-state index contributed by atoms with van der Waals surface area (Å²) in [6.45, 7) is 0. The first kappa shape index (κ1) is 12.0. The summed E-state index contributed by atoms with van der Waals surface area (Å²) in [5.41, 5.74) is 0. The fourth-order valence-corrected chi connectivity index (χ4v) is 1.83. The number of aliphatic hydroxyl groups excluding tert-OH is 1. The second-order valence-electron chi connectivity index (χ2n) is 2.82. The molecule has 1 unspecified atom stereocenters. The van der Waals surface area contributed by atoms with Crippen molar-refractivity contribution in [1.82, 2.24) is 0 Å². The summed E-state index contributed by atoms with van der Waals surface area (Å²) in [4.78, 5) is 9.64. The highest BCUT2D eigenvalue weighted by Gasteiger charge is 2.32. The van der Waals surface area contributed by atoms with Crippen molar-refractivity contribution in [1.29, 1.82) is 0 Å². The van der Waals surface area contributed by atoms with E-state index in [9.17, 15) is 18.0 Å². The Kier molecular flexibility index (Phi) is 3.35. The second kappa shape index (κ2) is 4.19. The van der Waals surface area contributed by atoms with Gasteiger partial charge in [-0.1, -0.05) is 0 Å². The van der Waals surface area contributed by atoms with Gasteiger partial charge in [-0.25, -0.2) is 4.79 Å². The summed E-state index contributed by atoms with van der Waals surface area (Å²) in [6, 6.07) is 2.04. The molecule has 0 fully saturated rings. The number of halogens is 3. The lowest BCUT2D eigenvalue weighted by Gasteiger charge is -2.03. The van der Waals surface area contributed by atoms with E-state index in [0.717, 1.165) is 6.07 Å². The molecule has 0 bridgehead atoms. The lowest BCUT2D eigenvalue weighted by atomic mass is 10.2. The standard InChI is InChI=1S/C8H7F3O3S/c9-8(10,11)6-2-1-4(15-6)3-5(12)7(13)14/h1-2,5,12H,3H2,(H,13,14). The van der Waals surface area contributed by atoms with Gasteiger partial charge in [0, 0.05) is 11.3 Å². The maximum Gasteiger partial charge on any atom is 0.425 e. The summed E-state index contributed by atoms with van der Waals surface area (Å²) in [5.74, 6) is -1.45. The molecular formula is C8H7F3O3S. The molecule has 1 atom stereocenters. The molecule has 84 valence electrons. The number of carboxylic acids is 1. The van der Waals surface area contributed by atoms with Gasteiger partial charge in [0.05, 0.1) is 0 Å². The Hall–Kier alpha value is -1.08. The normalized spacial score (nSPS) is 13.9. The zero-order valence-corrected chi connectivity index (χ0v) is 8.10. The summed E-state index contributed by atoms with van der Waals surface area (Å²) in [5, 5.41) is 17.3. The molecule has 1 rings (SSSR count). The molecule has 0 saturated carbocycles.